The van der Waals surface area contributed by atoms with Crippen molar-refractivity contribution in [1.29, 1.82) is 0 Å². The molecule has 0 saturated carbocycles. The number of aromatic nitrogens is 2. The monoisotopic (exact) mass is 279 g/mol. The van der Waals surface area contributed by atoms with Gasteiger partial charge < -0.3 is 14.5 Å². The molecule has 1 atom stereocenters. The molecule has 2 rings (SSSR count). The van der Waals surface area contributed by atoms with E-state index in [1.165, 1.54) is 6.33 Å². The van der Waals surface area contributed by atoms with E-state index in [-0.39, 0.29) is 6.03 Å². The van der Waals surface area contributed by atoms with E-state index in [9.17, 15) is 4.79 Å². The maximum atomic E-state index is 12.1. The Hall–Kier alpha value is -1.89. The third kappa shape index (κ3) is 3.80. The van der Waals surface area contributed by atoms with Crippen LogP contribution in [0, 0.1) is 5.92 Å². The van der Waals surface area contributed by atoms with Crippen LogP contribution in [0.3, 0.4) is 0 Å². The van der Waals surface area contributed by atoms with Crippen molar-refractivity contribution >= 4 is 17.7 Å². The van der Waals surface area contributed by atoms with Gasteiger partial charge in [-0.2, -0.15) is 0 Å². The van der Waals surface area contributed by atoms with Crippen molar-refractivity contribution in [3.8, 4) is 0 Å². The van der Waals surface area contributed by atoms with Crippen LogP contribution in [0.15, 0.2) is 12.4 Å². The van der Waals surface area contributed by atoms with Crippen LogP contribution >= 0.6 is 0 Å². The summed E-state index contributed by atoms with van der Waals surface area (Å²) in [5.41, 5.74) is 0. The quantitative estimate of drug-likeness (QED) is 0.892. The van der Waals surface area contributed by atoms with Crippen molar-refractivity contribution in [3.05, 3.63) is 12.4 Å². The molecule has 1 aromatic heterocycles. The van der Waals surface area contributed by atoms with Crippen LogP contribution in [-0.4, -0.2) is 61.8 Å². The zero-order valence-electron chi connectivity index (χ0n) is 12.2. The Morgan fingerprint density at radius 2 is 2.25 bits per heavy atom. The number of amides is 2. The van der Waals surface area contributed by atoms with Crippen LogP contribution < -0.4 is 10.2 Å². The summed E-state index contributed by atoms with van der Waals surface area (Å²) in [5, 5.41) is 2.78. The third-order valence-electron chi connectivity index (χ3n) is 3.25. The second-order valence-corrected chi connectivity index (χ2v) is 5.20. The number of nitrogens with zero attached hydrogens (tertiary/aromatic N) is 4. The smallest absolute Gasteiger partial charge is 0.322 e. The van der Waals surface area contributed by atoms with E-state index in [0.717, 1.165) is 25.5 Å². The van der Waals surface area contributed by atoms with Gasteiger partial charge >= 0.3 is 6.03 Å². The summed E-state index contributed by atoms with van der Waals surface area (Å²) in [7, 11) is 5.56. The van der Waals surface area contributed by atoms with E-state index in [1.807, 2.05) is 19.0 Å². The van der Waals surface area contributed by atoms with Crippen molar-refractivity contribution in [2.45, 2.75) is 6.42 Å². The first-order valence-electron chi connectivity index (χ1n) is 6.65. The first-order chi connectivity index (χ1) is 9.56. The molecule has 20 heavy (non-hydrogen) atoms. The fraction of sp³-hybridized carbons (Fsp3) is 0.615. The summed E-state index contributed by atoms with van der Waals surface area (Å²) in [6.45, 7) is 2.21. The summed E-state index contributed by atoms with van der Waals surface area (Å²) in [6.07, 6.45) is 2.45. The van der Waals surface area contributed by atoms with Gasteiger partial charge in [-0.25, -0.2) is 14.8 Å². The summed E-state index contributed by atoms with van der Waals surface area (Å²) in [5.74, 6) is 1.68. The number of hydrogen-bond acceptors (Lipinski definition) is 5. The molecular formula is C13H21N5O2. The van der Waals surface area contributed by atoms with Gasteiger partial charge in [-0.3, -0.25) is 5.32 Å². The Morgan fingerprint density at radius 3 is 2.90 bits per heavy atom. The van der Waals surface area contributed by atoms with Crippen LogP contribution in [0.2, 0.25) is 0 Å². The number of urea groups is 1. The maximum absolute atomic E-state index is 12.1. The summed E-state index contributed by atoms with van der Waals surface area (Å²) < 4.78 is 5.31. The Labute approximate surface area is 118 Å². The molecule has 7 heteroatoms. The highest BCUT2D eigenvalue weighted by molar-refractivity contribution is 5.88. The molecular weight excluding hydrogens is 258 g/mol. The molecule has 1 aliphatic heterocycles. The lowest BCUT2D eigenvalue weighted by molar-refractivity contribution is 0.175. The summed E-state index contributed by atoms with van der Waals surface area (Å²) in [4.78, 5) is 23.8. The van der Waals surface area contributed by atoms with Crippen molar-refractivity contribution in [1.82, 2.24) is 14.9 Å². The van der Waals surface area contributed by atoms with E-state index < -0.39 is 0 Å². The highest BCUT2D eigenvalue weighted by atomic mass is 16.5. The molecule has 1 fully saturated rings. The number of rotatable bonds is 4. The lowest BCUT2D eigenvalue weighted by Gasteiger charge is -2.20. The lowest BCUT2D eigenvalue weighted by Crippen LogP contribution is -2.35. The van der Waals surface area contributed by atoms with Crippen LogP contribution in [0.5, 0.6) is 0 Å². The van der Waals surface area contributed by atoms with Gasteiger partial charge in [0.15, 0.2) is 0 Å². The number of carbonyl (C=O) groups is 1. The van der Waals surface area contributed by atoms with E-state index in [0.29, 0.717) is 18.3 Å². The number of nitrogens with one attached hydrogen (secondary N) is 1. The Bertz CT molecular complexity index is 460. The minimum Gasteiger partial charge on any atom is -0.381 e. The van der Waals surface area contributed by atoms with Gasteiger partial charge in [-0.15, -0.1) is 0 Å². The normalized spacial score (nSPS) is 17.9. The average Bonchev–Trinajstić information content (AvgIpc) is 2.91. The minimum atomic E-state index is -0.166. The van der Waals surface area contributed by atoms with Gasteiger partial charge in [-0.1, -0.05) is 0 Å². The van der Waals surface area contributed by atoms with Gasteiger partial charge in [0, 0.05) is 46.3 Å². The second kappa shape index (κ2) is 6.51. The van der Waals surface area contributed by atoms with Crippen LogP contribution in [0.25, 0.3) is 0 Å². The molecule has 1 saturated heterocycles. The fourth-order valence-electron chi connectivity index (χ4n) is 2.06. The van der Waals surface area contributed by atoms with Crippen molar-refractivity contribution in [3.63, 3.8) is 0 Å². The number of hydrogen-bond donors (Lipinski definition) is 1. The third-order valence-corrected chi connectivity index (χ3v) is 3.25. The molecule has 1 N–H and O–H groups in total. The number of carbonyl (C=O) groups excluding carboxylic acids is 1. The first-order valence-corrected chi connectivity index (χ1v) is 6.65. The fourth-order valence-corrected chi connectivity index (χ4v) is 2.06. The van der Waals surface area contributed by atoms with Crippen molar-refractivity contribution in [2.24, 2.45) is 5.92 Å². The molecule has 0 aromatic carbocycles. The Balaban J connectivity index is 1.91. The zero-order chi connectivity index (χ0) is 14.5. The molecule has 0 bridgehead atoms. The largest absolute Gasteiger partial charge is 0.381 e. The topological polar surface area (TPSA) is 70.6 Å². The Kier molecular flexibility index (Phi) is 4.73. The average molecular weight is 279 g/mol. The van der Waals surface area contributed by atoms with Gasteiger partial charge in [0.1, 0.15) is 18.0 Å². The molecule has 0 spiro atoms. The lowest BCUT2D eigenvalue weighted by atomic mass is 10.1. The molecule has 2 amide bonds. The van der Waals surface area contributed by atoms with E-state index in [4.69, 9.17) is 4.74 Å². The van der Waals surface area contributed by atoms with E-state index >= 15 is 0 Å². The van der Waals surface area contributed by atoms with Crippen LogP contribution in [0.4, 0.5) is 16.4 Å². The maximum Gasteiger partial charge on any atom is 0.322 e. The molecule has 7 nitrogen and oxygen atoms in total. The SMILES string of the molecule is CN(C[C@H]1CCOC1)C(=O)Nc1cc(N(C)C)ncn1. The molecule has 110 valence electrons. The molecule has 1 aliphatic rings. The van der Waals surface area contributed by atoms with Gasteiger partial charge in [-0.05, 0) is 6.42 Å². The summed E-state index contributed by atoms with van der Waals surface area (Å²) >= 11 is 0. The van der Waals surface area contributed by atoms with Crippen molar-refractivity contribution < 1.29 is 9.53 Å². The van der Waals surface area contributed by atoms with Crippen LogP contribution in [0.1, 0.15) is 6.42 Å². The number of ether oxygens (including phenoxy) is 1. The zero-order valence-corrected chi connectivity index (χ0v) is 12.2. The van der Waals surface area contributed by atoms with E-state index in [1.54, 1.807) is 18.0 Å². The summed E-state index contributed by atoms with van der Waals surface area (Å²) in [6, 6.07) is 1.57. The highest BCUT2D eigenvalue weighted by Crippen LogP contribution is 2.15. The Morgan fingerprint density at radius 1 is 1.45 bits per heavy atom. The molecule has 2 heterocycles. The predicted molar refractivity (Wildman–Crippen MR) is 76.9 cm³/mol. The van der Waals surface area contributed by atoms with Gasteiger partial charge in [0.25, 0.3) is 0 Å². The van der Waals surface area contributed by atoms with E-state index in [2.05, 4.69) is 15.3 Å². The molecule has 0 aliphatic carbocycles. The standard InChI is InChI=1S/C13H21N5O2/c1-17(2)12-6-11(14-9-15-12)16-13(19)18(3)7-10-4-5-20-8-10/h6,9-10H,4-5,7-8H2,1-3H3,(H,14,15,16,19)/t10-/m1/s1. The molecule has 0 unspecified atom stereocenters. The predicted octanol–water partition coefficient (Wildman–Crippen LogP) is 1.04. The first kappa shape index (κ1) is 14.5. The second-order valence-electron chi connectivity index (χ2n) is 5.20. The van der Waals surface area contributed by atoms with Gasteiger partial charge in [0.2, 0.25) is 0 Å². The molecule has 0 radical (unpaired) electrons. The highest BCUT2D eigenvalue weighted by Gasteiger charge is 2.20. The van der Waals surface area contributed by atoms with Crippen LogP contribution in [-0.2, 0) is 4.74 Å². The van der Waals surface area contributed by atoms with Crippen molar-refractivity contribution in [2.75, 3.05) is 51.1 Å². The molecule has 1 aromatic rings. The number of anilines is 2. The minimum absolute atomic E-state index is 0.166. The van der Waals surface area contributed by atoms with Gasteiger partial charge in [0.05, 0.1) is 6.61 Å².